The summed E-state index contributed by atoms with van der Waals surface area (Å²) in [6.07, 6.45) is 0.581. The molecule has 1 atom stereocenters. The summed E-state index contributed by atoms with van der Waals surface area (Å²) in [5.74, 6) is 0.0815. The van der Waals surface area contributed by atoms with E-state index in [-0.39, 0.29) is 11.9 Å². The molecular formula is C11H16N2O. The van der Waals surface area contributed by atoms with Crippen LogP contribution in [0.4, 0.5) is 0 Å². The fourth-order valence-electron chi connectivity index (χ4n) is 1.09. The summed E-state index contributed by atoms with van der Waals surface area (Å²) in [7, 11) is 0. The first-order chi connectivity index (χ1) is 6.70. The Morgan fingerprint density at radius 3 is 2.64 bits per heavy atom. The van der Waals surface area contributed by atoms with Crippen LogP contribution in [0.2, 0.25) is 0 Å². The van der Waals surface area contributed by atoms with Crippen molar-refractivity contribution in [3.05, 3.63) is 35.9 Å². The van der Waals surface area contributed by atoms with Gasteiger partial charge in [-0.1, -0.05) is 30.3 Å². The van der Waals surface area contributed by atoms with Crippen LogP contribution in [-0.2, 0) is 11.2 Å². The Kier molecular flexibility index (Phi) is 4.13. The molecule has 0 fully saturated rings. The van der Waals surface area contributed by atoms with Crippen LogP contribution in [-0.4, -0.2) is 18.5 Å². The normalized spacial score (nSPS) is 12.4. The lowest BCUT2D eigenvalue weighted by Crippen LogP contribution is -2.28. The fourth-order valence-corrected chi connectivity index (χ4v) is 1.09. The second-order valence-corrected chi connectivity index (χ2v) is 3.20. The standard InChI is InChI=1S/C11H16N2O/c1-9(11(12)13)14-8-7-10-5-3-2-4-6-10/h2-6,9H,7-8H2,1H3,(H3,12,13). The Labute approximate surface area is 84.4 Å². The van der Waals surface area contributed by atoms with E-state index in [2.05, 4.69) is 12.1 Å². The molecule has 0 amide bonds. The molecule has 3 nitrogen and oxygen atoms in total. The number of hydrogen-bond donors (Lipinski definition) is 2. The molecule has 0 saturated carbocycles. The highest BCUT2D eigenvalue weighted by atomic mass is 16.5. The van der Waals surface area contributed by atoms with Gasteiger partial charge in [-0.2, -0.15) is 0 Å². The number of ether oxygens (including phenoxy) is 1. The average molecular weight is 192 g/mol. The van der Waals surface area contributed by atoms with E-state index in [0.717, 1.165) is 6.42 Å². The second kappa shape index (κ2) is 5.40. The minimum Gasteiger partial charge on any atom is -0.385 e. The summed E-state index contributed by atoms with van der Waals surface area (Å²) in [5.41, 5.74) is 6.51. The third-order valence-electron chi connectivity index (χ3n) is 2.04. The van der Waals surface area contributed by atoms with Crippen LogP contribution in [0, 0.1) is 5.41 Å². The van der Waals surface area contributed by atoms with E-state index in [4.69, 9.17) is 15.9 Å². The Bertz CT molecular complexity index is 285. The van der Waals surface area contributed by atoms with Crippen molar-refractivity contribution in [2.24, 2.45) is 5.73 Å². The lowest BCUT2D eigenvalue weighted by molar-refractivity contribution is 0.111. The number of rotatable bonds is 5. The van der Waals surface area contributed by atoms with Gasteiger partial charge in [0, 0.05) is 0 Å². The molecule has 1 rings (SSSR count). The van der Waals surface area contributed by atoms with Gasteiger partial charge < -0.3 is 10.5 Å². The van der Waals surface area contributed by atoms with Crippen molar-refractivity contribution in [2.45, 2.75) is 19.4 Å². The minimum atomic E-state index is -0.279. The summed E-state index contributed by atoms with van der Waals surface area (Å²) in [4.78, 5) is 0. The maximum atomic E-state index is 7.14. The number of nitrogens with two attached hydrogens (primary N) is 1. The molecule has 0 heterocycles. The molecule has 14 heavy (non-hydrogen) atoms. The Balaban J connectivity index is 2.26. The topological polar surface area (TPSA) is 59.1 Å². The minimum absolute atomic E-state index is 0.0815. The highest BCUT2D eigenvalue weighted by Crippen LogP contribution is 2.00. The first-order valence-corrected chi connectivity index (χ1v) is 4.69. The summed E-state index contributed by atoms with van der Waals surface area (Å²) >= 11 is 0. The molecule has 3 heteroatoms. The van der Waals surface area contributed by atoms with Crippen molar-refractivity contribution in [3.8, 4) is 0 Å². The lowest BCUT2D eigenvalue weighted by Gasteiger charge is -2.10. The highest BCUT2D eigenvalue weighted by Gasteiger charge is 2.03. The van der Waals surface area contributed by atoms with E-state index in [1.54, 1.807) is 6.92 Å². The number of amidine groups is 1. The lowest BCUT2D eigenvalue weighted by atomic mass is 10.2. The van der Waals surface area contributed by atoms with Crippen molar-refractivity contribution >= 4 is 5.84 Å². The Morgan fingerprint density at radius 2 is 2.07 bits per heavy atom. The van der Waals surface area contributed by atoms with Gasteiger partial charge in [0.05, 0.1) is 6.61 Å². The number of benzene rings is 1. The Morgan fingerprint density at radius 1 is 1.43 bits per heavy atom. The molecule has 0 aliphatic rings. The van der Waals surface area contributed by atoms with Gasteiger partial charge in [0.25, 0.3) is 0 Å². The first kappa shape index (κ1) is 10.7. The number of hydrogen-bond acceptors (Lipinski definition) is 2. The second-order valence-electron chi connectivity index (χ2n) is 3.20. The molecule has 0 aromatic heterocycles. The van der Waals surface area contributed by atoms with Crippen LogP contribution in [0.25, 0.3) is 0 Å². The van der Waals surface area contributed by atoms with Crippen molar-refractivity contribution in [1.29, 1.82) is 5.41 Å². The first-order valence-electron chi connectivity index (χ1n) is 4.69. The van der Waals surface area contributed by atoms with Gasteiger partial charge in [-0.05, 0) is 18.9 Å². The molecule has 0 radical (unpaired) electrons. The van der Waals surface area contributed by atoms with Gasteiger partial charge in [0.2, 0.25) is 0 Å². The predicted octanol–water partition coefficient (Wildman–Crippen LogP) is 1.57. The highest BCUT2D eigenvalue weighted by molar-refractivity contribution is 5.81. The van der Waals surface area contributed by atoms with Crippen LogP contribution < -0.4 is 5.73 Å². The summed E-state index contributed by atoms with van der Waals surface area (Å²) in [6, 6.07) is 10.1. The molecular weight excluding hydrogens is 176 g/mol. The van der Waals surface area contributed by atoms with Crippen LogP contribution >= 0.6 is 0 Å². The van der Waals surface area contributed by atoms with E-state index < -0.39 is 0 Å². The van der Waals surface area contributed by atoms with Crippen LogP contribution in [0.5, 0.6) is 0 Å². The molecule has 1 aromatic rings. The molecule has 0 spiro atoms. The third-order valence-corrected chi connectivity index (χ3v) is 2.04. The molecule has 0 saturated heterocycles. The zero-order valence-electron chi connectivity index (χ0n) is 8.36. The molecule has 3 N–H and O–H groups in total. The smallest absolute Gasteiger partial charge is 0.120 e. The van der Waals surface area contributed by atoms with Gasteiger partial charge in [-0.25, -0.2) is 0 Å². The molecule has 76 valence electrons. The SMILES string of the molecule is CC(OCCc1ccccc1)C(=N)N. The van der Waals surface area contributed by atoms with E-state index in [1.807, 2.05) is 18.2 Å². The molecule has 1 unspecified atom stereocenters. The van der Waals surface area contributed by atoms with E-state index in [0.29, 0.717) is 6.61 Å². The predicted molar refractivity (Wildman–Crippen MR) is 57.5 cm³/mol. The summed E-state index contributed by atoms with van der Waals surface area (Å²) in [6.45, 7) is 2.39. The molecule has 0 bridgehead atoms. The molecule has 0 aliphatic heterocycles. The van der Waals surface area contributed by atoms with Crippen molar-refractivity contribution in [3.63, 3.8) is 0 Å². The Hall–Kier alpha value is -1.35. The summed E-state index contributed by atoms with van der Waals surface area (Å²) in [5, 5.41) is 7.14. The maximum absolute atomic E-state index is 7.14. The van der Waals surface area contributed by atoms with E-state index in [9.17, 15) is 0 Å². The van der Waals surface area contributed by atoms with Gasteiger partial charge in [-0.3, -0.25) is 5.41 Å². The molecule has 0 aliphatic carbocycles. The quantitative estimate of drug-likeness (QED) is 0.549. The van der Waals surface area contributed by atoms with Crippen LogP contribution in [0.1, 0.15) is 12.5 Å². The zero-order chi connectivity index (χ0) is 10.4. The van der Waals surface area contributed by atoms with Crippen molar-refractivity contribution < 1.29 is 4.74 Å². The summed E-state index contributed by atoms with van der Waals surface area (Å²) < 4.78 is 5.36. The van der Waals surface area contributed by atoms with Crippen LogP contribution in [0.3, 0.4) is 0 Å². The van der Waals surface area contributed by atoms with Gasteiger partial charge in [0.15, 0.2) is 0 Å². The fraction of sp³-hybridized carbons (Fsp3) is 0.364. The largest absolute Gasteiger partial charge is 0.385 e. The van der Waals surface area contributed by atoms with Crippen LogP contribution in [0.15, 0.2) is 30.3 Å². The maximum Gasteiger partial charge on any atom is 0.120 e. The van der Waals surface area contributed by atoms with Gasteiger partial charge in [-0.15, -0.1) is 0 Å². The van der Waals surface area contributed by atoms with Crippen molar-refractivity contribution in [2.75, 3.05) is 6.61 Å². The third kappa shape index (κ3) is 3.58. The van der Waals surface area contributed by atoms with Gasteiger partial charge >= 0.3 is 0 Å². The monoisotopic (exact) mass is 192 g/mol. The van der Waals surface area contributed by atoms with Crippen molar-refractivity contribution in [1.82, 2.24) is 0 Å². The van der Waals surface area contributed by atoms with Gasteiger partial charge in [0.1, 0.15) is 11.9 Å². The van der Waals surface area contributed by atoms with E-state index in [1.165, 1.54) is 5.56 Å². The average Bonchev–Trinajstić information content (AvgIpc) is 2.19. The molecule has 1 aromatic carbocycles. The number of nitrogens with one attached hydrogen (secondary N) is 1. The zero-order valence-corrected chi connectivity index (χ0v) is 8.36. The van der Waals surface area contributed by atoms with E-state index >= 15 is 0 Å².